The summed E-state index contributed by atoms with van der Waals surface area (Å²) in [5.41, 5.74) is 0.162. The van der Waals surface area contributed by atoms with E-state index in [1.165, 1.54) is 12.1 Å². The van der Waals surface area contributed by atoms with Gasteiger partial charge >= 0.3 is 0 Å². The number of phenols is 2. The van der Waals surface area contributed by atoms with Crippen LogP contribution in [0.5, 0.6) is 11.5 Å². The van der Waals surface area contributed by atoms with Gasteiger partial charge in [-0.25, -0.2) is 0 Å². The minimum absolute atomic E-state index is 0.0117. The number of amides is 1. The summed E-state index contributed by atoms with van der Waals surface area (Å²) < 4.78 is 0. The summed E-state index contributed by atoms with van der Waals surface area (Å²) in [5, 5.41) is 21.5. The Bertz CT molecular complexity index is 439. The molecule has 3 N–H and O–H groups in total. The van der Waals surface area contributed by atoms with Crippen LogP contribution >= 0.6 is 0 Å². The summed E-state index contributed by atoms with van der Waals surface area (Å²) in [5.74, 6) is -0.172. The molecule has 0 aromatic heterocycles. The Kier molecular flexibility index (Phi) is 4.22. The molecule has 18 heavy (non-hydrogen) atoms. The molecule has 0 heterocycles. The first-order chi connectivity index (χ1) is 8.24. The Hall–Kier alpha value is -1.71. The van der Waals surface area contributed by atoms with Gasteiger partial charge in [-0.2, -0.15) is 0 Å². The molecule has 0 aliphatic rings. The van der Waals surface area contributed by atoms with Crippen molar-refractivity contribution < 1.29 is 15.0 Å². The second-order valence-electron chi connectivity index (χ2n) is 5.53. The van der Waals surface area contributed by atoms with Crippen LogP contribution < -0.4 is 5.32 Å². The summed E-state index contributed by atoms with van der Waals surface area (Å²) >= 11 is 0. The highest BCUT2D eigenvalue weighted by Gasteiger charge is 2.23. The van der Waals surface area contributed by atoms with Crippen LogP contribution in [0.1, 0.15) is 38.1 Å². The Labute approximate surface area is 108 Å². The number of nitrogens with one attached hydrogen (secondary N) is 1. The van der Waals surface area contributed by atoms with E-state index in [4.69, 9.17) is 5.11 Å². The summed E-state index contributed by atoms with van der Waals surface area (Å²) in [6.07, 6.45) is 0. The Morgan fingerprint density at radius 2 is 1.94 bits per heavy atom. The molecule has 0 aliphatic heterocycles. The van der Waals surface area contributed by atoms with Gasteiger partial charge < -0.3 is 15.5 Å². The van der Waals surface area contributed by atoms with Crippen LogP contribution in [-0.2, 0) is 0 Å². The molecule has 4 heteroatoms. The van der Waals surface area contributed by atoms with Gasteiger partial charge in [-0.1, -0.05) is 27.7 Å². The molecule has 100 valence electrons. The molecule has 0 unspecified atom stereocenters. The number of hydrogen-bond acceptors (Lipinski definition) is 3. The van der Waals surface area contributed by atoms with E-state index in [0.29, 0.717) is 12.5 Å². The first-order valence-electron chi connectivity index (χ1n) is 6.04. The predicted molar refractivity (Wildman–Crippen MR) is 70.7 cm³/mol. The fourth-order valence-electron chi connectivity index (χ4n) is 1.32. The fourth-order valence-corrected chi connectivity index (χ4v) is 1.32. The Balaban J connectivity index is 2.72. The van der Waals surface area contributed by atoms with E-state index in [9.17, 15) is 9.90 Å². The third kappa shape index (κ3) is 3.39. The topological polar surface area (TPSA) is 69.6 Å². The molecule has 1 aromatic carbocycles. The first-order valence-corrected chi connectivity index (χ1v) is 6.04. The number of aromatic hydroxyl groups is 2. The molecule has 1 rings (SSSR count). The summed E-state index contributed by atoms with van der Waals surface area (Å²) in [7, 11) is 0. The zero-order chi connectivity index (χ0) is 13.9. The largest absolute Gasteiger partial charge is 0.508 e. The molecule has 0 bridgehead atoms. The highest BCUT2D eigenvalue weighted by molar-refractivity contribution is 5.97. The molecule has 0 spiro atoms. The van der Waals surface area contributed by atoms with Crippen molar-refractivity contribution in [2.45, 2.75) is 27.7 Å². The molecule has 0 atom stereocenters. The quantitative estimate of drug-likeness (QED) is 0.770. The van der Waals surface area contributed by atoms with Crippen molar-refractivity contribution in [3.63, 3.8) is 0 Å². The summed E-state index contributed by atoms with van der Waals surface area (Å²) in [6, 6.07) is 3.94. The first kappa shape index (κ1) is 14.4. The fraction of sp³-hybridized carbons (Fsp3) is 0.500. The van der Waals surface area contributed by atoms with Crippen LogP contribution in [0.2, 0.25) is 0 Å². The van der Waals surface area contributed by atoms with Crippen molar-refractivity contribution >= 4 is 5.91 Å². The number of benzene rings is 1. The standard InChI is InChI=1S/C14H21NO3/c1-9(2)14(3,4)8-15-13(18)11-6-5-10(16)7-12(11)17/h5-7,9,16-17H,8H2,1-4H3,(H,15,18). The van der Waals surface area contributed by atoms with Gasteiger partial charge in [-0.3, -0.25) is 4.79 Å². The molecular formula is C14H21NO3. The number of hydrogen-bond donors (Lipinski definition) is 3. The third-order valence-electron chi connectivity index (χ3n) is 3.49. The summed E-state index contributed by atoms with van der Waals surface area (Å²) in [6.45, 7) is 8.89. The number of rotatable bonds is 4. The van der Waals surface area contributed by atoms with Crippen LogP contribution in [0.25, 0.3) is 0 Å². The number of carbonyl (C=O) groups excluding carboxylic acids is 1. The van der Waals surface area contributed by atoms with E-state index < -0.39 is 0 Å². The molecule has 0 aliphatic carbocycles. The smallest absolute Gasteiger partial charge is 0.255 e. The lowest BCUT2D eigenvalue weighted by Crippen LogP contribution is -2.36. The van der Waals surface area contributed by atoms with E-state index >= 15 is 0 Å². The van der Waals surface area contributed by atoms with Gasteiger partial charge in [0.2, 0.25) is 0 Å². The van der Waals surface area contributed by atoms with Gasteiger partial charge in [0.15, 0.2) is 0 Å². The normalized spacial score (nSPS) is 11.6. The van der Waals surface area contributed by atoms with E-state index in [1.54, 1.807) is 0 Å². The summed E-state index contributed by atoms with van der Waals surface area (Å²) in [4.78, 5) is 11.9. The van der Waals surface area contributed by atoms with Gasteiger partial charge in [0.05, 0.1) is 5.56 Å². The van der Waals surface area contributed by atoms with Gasteiger partial charge in [0.1, 0.15) is 11.5 Å². The lowest BCUT2D eigenvalue weighted by atomic mass is 9.81. The van der Waals surface area contributed by atoms with Gasteiger partial charge in [-0.05, 0) is 23.5 Å². The molecule has 0 saturated heterocycles. The number of carbonyl (C=O) groups is 1. The van der Waals surface area contributed by atoms with Crippen LogP contribution in [0.15, 0.2) is 18.2 Å². The van der Waals surface area contributed by atoms with Gasteiger partial charge in [0, 0.05) is 12.6 Å². The van der Waals surface area contributed by atoms with Crippen molar-refractivity contribution in [3.05, 3.63) is 23.8 Å². The zero-order valence-electron chi connectivity index (χ0n) is 11.3. The molecule has 0 saturated carbocycles. The van der Waals surface area contributed by atoms with Gasteiger partial charge in [-0.15, -0.1) is 0 Å². The highest BCUT2D eigenvalue weighted by Crippen LogP contribution is 2.26. The zero-order valence-corrected chi connectivity index (χ0v) is 11.3. The average Bonchev–Trinajstić information content (AvgIpc) is 2.25. The van der Waals surface area contributed by atoms with Crippen LogP contribution in [0.3, 0.4) is 0 Å². The highest BCUT2D eigenvalue weighted by atomic mass is 16.3. The van der Waals surface area contributed by atoms with E-state index in [2.05, 4.69) is 33.0 Å². The average molecular weight is 251 g/mol. The van der Waals surface area contributed by atoms with E-state index in [0.717, 1.165) is 6.07 Å². The predicted octanol–water partition coefficient (Wildman–Crippen LogP) is 2.51. The Morgan fingerprint density at radius 1 is 1.33 bits per heavy atom. The van der Waals surface area contributed by atoms with Crippen molar-refractivity contribution in [1.82, 2.24) is 5.32 Å². The van der Waals surface area contributed by atoms with E-state index in [1.807, 2.05) is 0 Å². The molecule has 1 aromatic rings. The van der Waals surface area contributed by atoms with Crippen LogP contribution in [0.4, 0.5) is 0 Å². The Morgan fingerprint density at radius 3 is 2.44 bits per heavy atom. The molecule has 0 fully saturated rings. The van der Waals surface area contributed by atoms with Crippen LogP contribution in [0, 0.1) is 11.3 Å². The maximum atomic E-state index is 11.9. The molecule has 1 amide bonds. The SMILES string of the molecule is CC(C)C(C)(C)CNC(=O)c1ccc(O)cc1O. The lowest BCUT2D eigenvalue weighted by Gasteiger charge is -2.29. The minimum Gasteiger partial charge on any atom is -0.508 e. The maximum Gasteiger partial charge on any atom is 0.255 e. The van der Waals surface area contributed by atoms with Crippen LogP contribution in [-0.4, -0.2) is 22.7 Å². The maximum absolute atomic E-state index is 11.9. The van der Waals surface area contributed by atoms with Crippen molar-refractivity contribution in [2.75, 3.05) is 6.54 Å². The second kappa shape index (κ2) is 5.29. The van der Waals surface area contributed by atoms with Crippen molar-refractivity contribution in [1.29, 1.82) is 0 Å². The van der Waals surface area contributed by atoms with Crippen molar-refractivity contribution in [3.8, 4) is 11.5 Å². The second-order valence-corrected chi connectivity index (χ2v) is 5.53. The molecule has 4 nitrogen and oxygen atoms in total. The van der Waals surface area contributed by atoms with Crippen molar-refractivity contribution in [2.24, 2.45) is 11.3 Å². The molecular weight excluding hydrogens is 230 g/mol. The monoisotopic (exact) mass is 251 g/mol. The third-order valence-corrected chi connectivity index (χ3v) is 3.49. The number of phenolic OH excluding ortho intramolecular Hbond substituents is 2. The molecule has 0 radical (unpaired) electrons. The minimum atomic E-state index is -0.332. The van der Waals surface area contributed by atoms with Gasteiger partial charge in [0.25, 0.3) is 5.91 Å². The van der Waals surface area contributed by atoms with E-state index in [-0.39, 0.29) is 28.4 Å². The lowest BCUT2D eigenvalue weighted by molar-refractivity contribution is 0.0922.